The number of hydrogen-bond acceptors (Lipinski definition) is 1. The molecule has 0 radical (unpaired) electrons. The van der Waals surface area contributed by atoms with Crippen LogP contribution in [-0.4, -0.2) is 0 Å². The Morgan fingerprint density at radius 1 is 0.750 bits per heavy atom. The van der Waals surface area contributed by atoms with Crippen molar-refractivity contribution in [3.63, 3.8) is 0 Å². The second-order valence-corrected chi connectivity index (χ2v) is 5.50. The maximum Gasteiger partial charge on any atom is 0.178 e. The molecule has 0 saturated heterocycles. The molecule has 1 heterocycles. The molecule has 0 aliphatic heterocycles. The standard InChI is InChI=1S/C18H11BrO/c19-18-16(13-7-2-1-3-8-13)17-14-9-5-4-6-12(14)10-11-15(17)20-18/h1-11H. The zero-order chi connectivity index (χ0) is 13.5. The molecular formula is C18H11BrO. The van der Waals surface area contributed by atoms with Gasteiger partial charge in [0.05, 0.1) is 0 Å². The second-order valence-electron chi connectivity index (χ2n) is 4.78. The van der Waals surface area contributed by atoms with Crippen molar-refractivity contribution in [1.29, 1.82) is 0 Å². The third kappa shape index (κ3) is 1.69. The first-order valence-electron chi connectivity index (χ1n) is 6.50. The van der Waals surface area contributed by atoms with E-state index in [1.54, 1.807) is 0 Å². The molecule has 0 atom stereocenters. The van der Waals surface area contributed by atoms with E-state index in [9.17, 15) is 0 Å². The molecular weight excluding hydrogens is 312 g/mol. The van der Waals surface area contributed by atoms with Gasteiger partial charge in [0.2, 0.25) is 0 Å². The average molecular weight is 323 g/mol. The molecule has 1 nitrogen and oxygen atoms in total. The topological polar surface area (TPSA) is 13.1 Å². The Balaban J connectivity index is 2.20. The van der Waals surface area contributed by atoms with Crippen molar-refractivity contribution < 1.29 is 4.42 Å². The van der Waals surface area contributed by atoms with Gasteiger partial charge in [-0.1, -0.05) is 60.7 Å². The molecule has 1 aromatic heterocycles. The summed E-state index contributed by atoms with van der Waals surface area (Å²) in [6, 6.07) is 22.9. The summed E-state index contributed by atoms with van der Waals surface area (Å²) in [7, 11) is 0. The van der Waals surface area contributed by atoms with Crippen LogP contribution in [0.25, 0.3) is 32.9 Å². The van der Waals surface area contributed by atoms with Crippen LogP contribution in [-0.2, 0) is 0 Å². The van der Waals surface area contributed by atoms with Crippen LogP contribution in [0.15, 0.2) is 75.8 Å². The Morgan fingerprint density at radius 3 is 2.35 bits per heavy atom. The molecule has 0 fully saturated rings. The van der Waals surface area contributed by atoms with Crippen LogP contribution in [0.4, 0.5) is 0 Å². The van der Waals surface area contributed by atoms with Gasteiger partial charge in [-0.05, 0) is 38.3 Å². The van der Waals surface area contributed by atoms with Gasteiger partial charge in [-0.25, -0.2) is 0 Å². The fraction of sp³-hybridized carbons (Fsp3) is 0. The van der Waals surface area contributed by atoms with Gasteiger partial charge in [-0.3, -0.25) is 0 Å². The minimum Gasteiger partial charge on any atom is -0.449 e. The molecule has 0 saturated carbocycles. The SMILES string of the molecule is Brc1oc2ccc3ccccc3c2c1-c1ccccc1. The highest BCUT2D eigenvalue weighted by Gasteiger charge is 2.16. The molecule has 3 aromatic carbocycles. The van der Waals surface area contributed by atoms with Gasteiger partial charge in [-0.15, -0.1) is 0 Å². The van der Waals surface area contributed by atoms with Crippen molar-refractivity contribution in [1.82, 2.24) is 0 Å². The van der Waals surface area contributed by atoms with Crippen LogP contribution in [0.5, 0.6) is 0 Å². The number of rotatable bonds is 1. The zero-order valence-corrected chi connectivity index (χ0v) is 12.2. The van der Waals surface area contributed by atoms with Gasteiger partial charge in [0.25, 0.3) is 0 Å². The number of benzene rings is 3. The van der Waals surface area contributed by atoms with Crippen LogP contribution in [0, 0.1) is 0 Å². The summed E-state index contributed by atoms with van der Waals surface area (Å²) in [6.07, 6.45) is 0. The summed E-state index contributed by atoms with van der Waals surface area (Å²) < 4.78 is 6.67. The van der Waals surface area contributed by atoms with Crippen LogP contribution in [0.3, 0.4) is 0 Å². The van der Waals surface area contributed by atoms with Crippen molar-refractivity contribution in [3.05, 3.63) is 71.4 Å². The van der Waals surface area contributed by atoms with Crippen molar-refractivity contribution in [2.75, 3.05) is 0 Å². The summed E-state index contributed by atoms with van der Waals surface area (Å²) in [5.41, 5.74) is 3.20. The molecule has 0 aliphatic rings. The Labute approximate surface area is 125 Å². The van der Waals surface area contributed by atoms with Crippen LogP contribution >= 0.6 is 15.9 Å². The number of furan rings is 1. The lowest BCUT2D eigenvalue weighted by Gasteiger charge is -2.02. The molecule has 4 aromatic rings. The maximum absolute atomic E-state index is 5.88. The smallest absolute Gasteiger partial charge is 0.178 e. The average Bonchev–Trinajstić information content (AvgIpc) is 2.84. The molecule has 0 bridgehead atoms. The lowest BCUT2D eigenvalue weighted by atomic mass is 9.99. The number of hydrogen-bond donors (Lipinski definition) is 0. The van der Waals surface area contributed by atoms with E-state index in [4.69, 9.17) is 4.42 Å². The fourth-order valence-corrected chi connectivity index (χ4v) is 3.30. The minimum absolute atomic E-state index is 0.787. The summed E-state index contributed by atoms with van der Waals surface area (Å²) in [5, 5.41) is 3.62. The third-order valence-electron chi connectivity index (χ3n) is 3.60. The van der Waals surface area contributed by atoms with Gasteiger partial charge >= 0.3 is 0 Å². The zero-order valence-electron chi connectivity index (χ0n) is 10.6. The molecule has 4 rings (SSSR count). The number of fused-ring (bicyclic) bond motifs is 3. The molecule has 20 heavy (non-hydrogen) atoms. The third-order valence-corrected chi connectivity index (χ3v) is 4.16. The van der Waals surface area contributed by atoms with Gasteiger partial charge < -0.3 is 4.42 Å². The molecule has 0 spiro atoms. The monoisotopic (exact) mass is 322 g/mol. The Hall–Kier alpha value is -2.06. The van der Waals surface area contributed by atoms with Gasteiger partial charge in [0.1, 0.15) is 5.58 Å². The highest BCUT2D eigenvalue weighted by atomic mass is 79.9. The molecule has 2 heteroatoms. The minimum atomic E-state index is 0.787. The predicted octanol–water partition coefficient (Wildman–Crippen LogP) is 6.02. The van der Waals surface area contributed by atoms with Crippen LogP contribution in [0.1, 0.15) is 0 Å². The summed E-state index contributed by atoms with van der Waals surface area (Å²) in [4.78, 5) is 0. The fourth-order valence-electron chi connectivity index (χ4n) is 2.70. The highest BCUT2D eigenvalue weighted by Crippen LogP contribution is 2.41. The van der Waals surface area contributed by atoms with E-state index in [0.29, 0.717) is 0 Å². The van der Waals surface area contributed by atoms with Crippen molar-refractivity contribution in [2.45, 2.75) is 0 Å². The Morgan fingerprint density at radius 2 is 1.50 bits per heavy atom. The molecule has 0 aliphatic carbocycles. The predicted molar refractivity (Wildman–Crippen MR) is 86.9 cm³/mol. The van der Waals surface area contributed by atoms with Gasteiger partial charge in [0.15, 0.2) is 4.67 Å². The molecule has 0 amide bonds. The molecule has 96 valence electrons. The first-order chi connectivity index (χ1) is 9.84. The normalized spacial score (nSPS) is 11.2. The van der Waals surface area contributed by atoms with Crippen LogP contribution < -0.4 is 0 Å². The van der Waals surface area contributed by atoms with E-state index in [-0.39, 0.29) is 0 Å². The largest absolute Gasteiger partial charge is 0.449 e. The van der Waals surface area contributed by atoms with E-state index in [1.165, 1.54) is 16.2 Å². The lowest BCUT2D eigenvalue weighted by Crippen LogP contribution is -1.78. The van der Waals surface area contributed by atoms with Crippen molar-refractivity contribution in [3.8, 4) is 11.1 Å². The van der Waals surface area contributed by atoms with E-state index in [1.807, 2.05) is 24.3 Å². The van der Waals surface area contributed by atoms with Crippen LogP contribution in [0.2, 0.25) is 0 Å². The van der Waals surface area contributed by atoms with E-state index in [2.05, 4.69) is 58.4 Å². The van der Waals surface area contributed by atoms with Crippen molar-refractivity contribution >= 4 is 37.7 Å². The first kappa shape index (κ1) is 11.7. The first-order valence-corrected chi connectivity index (χ1v) is 7.29. The van der Waals surface area contributed by atoms with Crippen molar-refractivity contribution in [2.24, 2.45) is 0 Å². The Bertz CT molecular complexity index is 907. The summed E-state index contributed by atoms with van der Waals surface area (Å²) in [6.45, 7) is 0. The van der Waals surface area contributed by atoms with Gasteiger partial charge in [-0.2, -0.15) is 0 Å². The van der Waals surface area contributed by atoms with E-state index >= 15 is 0 Å². The maximum atomic E-state index is 5.88. The quantitative estimate of drug-likeness (QED) is 0.418. The molecule has 0 N–H and O–H groups in total. The summed E-state index contributed by atoms with van der Waals surface area (Å²) in [5.74, 6) is 0. The lowest BCUT2D eigenvalue weighted by molar-refractivity contribution is 0.589. The highest BCUT2D eigenvalue weighted by molar-refractivity contribution is 9.10. The summed E-state index contributed by atoms with van der Waals surface area (Å²) >= 11 is 3.57. The second kappa shape index (κ2) is 4.50. The van der Waals surface area contributed by atoms with E-state index in [0.717, 1.165) is 21.4 Å². The molecule has 0 unspecified atom stereocenters. The van der Waals surface area contributed by atoms with Gasteiger partial charge in [0, 0.05) is 10.9 Å². The Kier molecular flexibility index (Phi) is 2.64. The number of halogens is 1. The van der Waals surface area contributed by atoms with E-state index < -0.39 is 0 Å².